The fourth-order valence-corrected chi connectivity index (χ4v) is 2.03. The van der Waals surface area contributed by atoms with Crippen LogP contribution in [0.5, 0.6) is 5.75 Å². The van der Waals surface area contributed by atoms with Gasteiger partial charge >= 0.3 is 0 Å². The van der Waals surface area contributed by atoms with Crippen LogP contribution < -0.4 is 10.5 Å². The summed E-state index contributed by atoms with van der Waals surface area (Å²) in [5, 5.41) is 3.91. The molecule has 2 aromatic heterocycles. The number of anilines is 1. The van der Waals surface area contributed by atoms with Crippen LogP contribution in [-0.2, 0) is 6.61 Å². The van der Waals surface area contributed by atoms with Crippen molar-refractivity contribution in [1.29, 1.82) is 0 Å². The summed E-state index contributed by atoms with van der Waals surface area (Å²) in [6, 6.07) is 9.35. The molecule has 0 fully saturated rings. The lowest BCUT2D eigenvalue weighted by atomic mass is 10.1. The van der Waals surface area contributed by atoms with E-state index in [2.05, 4.69) is 20.1 Å². The van der Waals surface area contributed by atoms with Crippen molar-refractivity contribution >= 4 is 5.95 Å². The molecule has 2 heterocycles. The van der Waals surface area contributed by atoms with Crippen molar-refractivity contribution in [3.63, 3.8) is 0 Å². The number of ether oxygens (including phenoxy) is 1. The van der Waals surface area contributed by atoms with Gasteiger partial charge in [0.05, 0.1) is 5.69 Å². The number of benzene rings is 1. The second-order valence-electron chi connectivity index (χ2n) is 5.29. The molecule has 3 rings (SSSR count). The van der Waals surface area contributed by atoms with E-state index in [4.69, 9.17) is 15.0 Å². The number of aromatic nitrogens is 4. The van der Waals surface area contributed by atoms with Crippen molar-refractivity contribution < 1.29 is 9.26 Å². The average molecular weight is 311 g/mol. The molecule has 0 radical (unpaired) electrons. The molecule has 1 aromatic carbocycles. The Morgan fingerprint density at radius 1 is 1.17 bits per heavy atom. The summed E-state index contributed by atoms with van der Waals surface area (Å²) in [6.45, 7) is 4.20. The maximum Gasteiger partial charge on any atom is 0.229 e. The minimum atomic E-state index is 0.188. The smallest absolute Gasteiger partial charge is 0.229 e. The van der Waals surface area contributed by atoms with Gasteiger partial charge < -0.3 is 15.0 Å². The molecule has 0 aliphatic carbocycles. The quantitative estimate of drug-likeness (QED) is 0.773. The molecule has 0 spiro atoms. The Kier molecular flexibility index (Phi) is 4.18. The lowest BCUT2D eigenvalue weighted by molar-refractivity contribution is 0.285. The van der Waals surface area contributed by atoms with Crippen molar-refractivity contribution in [3.8, 4) is 17.0 Å². The van der Waals surface area contributed by atoms with Crippen molar-refractivity contribution in [2.45, 2.75) is 26.4 Å². The Hall–Kier alpha value is -2.96. The zero-order chi connectivity index (χ0) is 16.2. The molecule has 0 unspecified atom stereocenters. The maximum absolute atomic E-state index is 5.82. The van der Waals surface area contributed by atoms with Crippen LogP contribution in [0.4, 0.5) is 5.95 Å². The van der Waals surface area contributed by atoms with E-state index in [9.17, 15) is 0 Å². The second-order valence-corrected chi connectivity index (χ2v) is 5.29. The Labute approximate surface area is 133 Å². The Morgan fingerprint density at radius 3 is 2.74 bits per heavy atom. The van der Waals surface area contributed by atoms with Gasteiger partial charge in [-0.25, -0.2) is 9.97 Å². The van der Waals surface area contributed by atoms with Crippen molar-refractivity contribution in [2.75, 3.05) is 5.73 Å². The van der Waals surface area contributed by atoms with Crippen molar-refractivity contribution in [3.05, 3.63) is 48.2 Å². The summed E-state index contributed by atoms with van der Waals surface area (Å²) in [5.41, 5.74) is 7.17. The summed E-state index contributed by atoms with van der Waals surface area (Å²) in [7, 11) is 0. The zero-order valence-corrected chi connectivity index (χ0v) is 12.9. The molecule has 2 N–H and O–H groups in total. The molecule has 3 aromatic rings. The van der Waals surface area contributed by atoms with Gasteiger partial charge in [-0.2, -0.15) is 4.98 Å². The molecule has 0 saturated heterocycles. The zero-order valence-electron chi connectivity index (χ0n) is 12.9. The second kappa shape index (κ2) is 6.43. The fraction of sp³-hybridized carbons (Fsp3) is 0.250. The molecule has 0 aliphatic rings. The third-order valence-electron chi connectivity index (χ3n) is 3.17. The van der Waals surface area contributed by atoms with E-state index in [1.54, 1.807) is 12.3 Å². The standard InChI is InChI=1S/C16H17N5O2/c1-10(2)15-20-14(21-23-15)9-22-13-6-4-3-5-11(13)12-7-8-18-16(17)19-12/h3-8,10H,9H2,1-2H3,(H2,17,18,19). The first-order valence-electron chi connectivity index (χ1n) is 7.26. The van der Waals surface area contributed by atoms with E-state index in [-0.39, 0.29) is 18.5 Å². The van der Waals surface area contributed by atoms with Crippen LogP contribution in [0.15, 0.2) is 41.1 Å². The van der Waals surface area contributed by atoms with E-state index >= 15 is 0 Å². The molecule has 23 heavy (non-hydrogen) atoms. The number of nitrogens with two attached hydrogens (primary N) is 1. The monoisotopic (exact) mass is 311 g/mol. The SMILES string of the molecule is CC(C)c1nc(COc2ccccc2-c2ccnc(N)n2)no1. The molecule has 7 heteroatoms. The highest BCUT2D eigenvalue weighted by atomic mass is 16.5. The first-order valence-corrected chi connectivity index (χ1v) is 7.26. The summed E-state index contributed by atoms with van der Waals surface area (Å²) in [5.74, 6) is 2.18. The minimum absolute atomic E-state index is 0.188. The van der Waals surface area contributed by atoms with E-state index in [0.29, 0.717) is 23.2 Å². The average Bonchev–Trinajstić information content (AvgIpc) is 3.02. The number of hydrogen-bond acceptors (Lipinski definition) is 7. The van der Waals surface area contributed by atoms with Crippen molar-refractivity contribution in [2.24, 2.45) is 0 Å². The maximum atomic E-state index is 5.82. The normalized spacial score (nSPS) is 10.9. The third-order valence-corrected chi connectivity index (χ3v) is 3.17. The van der Waals surface area contributed by atoms with Gasteiger partial charge in [0.1, 0.15) is 5.75 Å². The van der Waals surface area contributed by atoms with E-state index in [1.165, 1.54) is 0 Å². The Morgan fingerprint density at radius 2 is 2.00 bits per heavy atom. The Bertz CT molecular complexity index is 800. The van der Waals surface area contributed by atoms with Crippen LogP contribution >= 0.6 is 0 Å². The van der Waals surface area contributed by atoms with Gasteiger partial charge in [-0.05, 0) is 18.2 Å². The molecule has 7 nitrogen and oxygen atoms in total. The number of nitrogens with zero attached hydrogens (tertiary/aromatic N) is 4. The first-order chi connectivity index (χ1) is 11.1. The molecule has 118 valence electrons. The molecule has 0 aliphatic heterocycles. The molecular weight excluding hydrogens is 294 g/mol. The van der Waals surface area contributed by atoms with Crippen LogP contribution in [0.1, 0.15) is 31.5 Å². The van der Waals surface area contributed by atoms with E-state index in [1.807, 2.05) is 38.1 Å². The fourth-order valence-electron chi connectivity index (χ4n) is 2.03. The van der Waals surface area contributed by atoms with Gasteiger partial charge in [-0.1, -0.05) is 31.1 Å². The van der Waals surface area contributed by atoms with Gasteiger partial charge in [-0.3, -0.25) is 0 Å². The molecule has 0 bridgehead atoms. The van der Waals surface area contributed by atoms with Crippen LogP contribution in [0.2, 0.25) is 0 Å². The van der Waals surface area contributed by atoms with Crippen LogP contribution in [0.25, 0.3) is 11.3 Å². The lowest BCUT2D eigenvalue weighted by Gasteiger charge is -2.09. The summed E-state index contributed by atoms with van der Waals surface area (Å²) in [6.07, 6.45) is 1.61. The predicted molar refractivity (Wildman–Crippen MR) is 84.6 cm³/mol. The highest BCUT2D eigenvalue weighted by Crippen LogP contribution is 2.29. The number of hydrogen-bond donors (Lipinski definition) is 1. The van der Waals surface area contributed by atoms with Crippen LogP contribution in [0, 0.1) is 0 Å². The highest BCUT2D eigenvalue weighted by Gasteiger charge is 2.12. The minimum Gasteiger partial charge on any atom is -0.485 e. The summed E-state index contributed by atoms with van der Waals surface area (Å²) in [4.78, 5) is 12.4. The van der Waals surface area contributed by atoms with Gasteiger partial charge in [0.25, 0.3) is 0 Å². The summed E-state index contributed by atoms with van der Waals surface area (Å²) >= 11 is 0. The van der Waals surface area contributed by atoms with Gasteiger partial charge in [0.2, 0.25) is 17.7 Å². The summed E-state index contributed by atoms with van der Waals surface area (Å²) < 4.78 is 11.0. The molecular formula is C16H17N5O2. The number of para-hydroxylation sites is 1. The van der Waals surface area contributed by atoms with Gasteiger partial charge in [-0.15, -0.1) is 0 Å². The number of nitrogen functional groups attached to an aromatic ring is 1. The highest BCUT2D eigenvalue weighted by molar-refractivity contribution is 5.67. The van der Waals surface area contributed by atoms with E-state index < -0.39 is 0 Å². The molecule has 0 atom stereocenters. The Balaban J connectivity index is 1.80. The lowest BCUT2D eigenvalue weighted by Crippen LogP contribution is -2.01. The van der Waals surface area contributed by atoms with Crippen LogP contribution in [-0.4, -0.2) is 20.1 Å². The topological polar surface area (TPSA) is 100.0 Å². The largest absolute Gasteiger partial charge is 0.485 e. The van der Waals surface area contributed by atoms with Gasteiger partial charge in [0, 0.05) is 17.7 Å². The van der Waals surface area contributed by atoms with Gasteiger partial charge in [0.15, 0.2) is 6.61 Å². The predicted octanol–water partition coefficient (Wildman–Crippen LogP) is 2.81. The van der Waals surface area contributed by atoms with E-state index in [0.717, 1.165) is 5.56 Å². The third kappa shape index (κ3) is 3.45. The van der Waals surface area contributed by atoms with Crippen molar-refractivity contribution in [1.82, 2.24) is 20.1 Å². The first kappa shape index (κ1) is 15.0. The molecule has 0 amide bonds. The molecule has 0 saturated carbocycles. The number of rotatable bonds is 5. The van der Waals surface area contributed by atoms with Crippen LogP contribution in [0.3, 0.4) is 0 Å².